The molecule has 0 unspecified atom stereocenters. The highest BCUT2D eigenvalue weighted by atomic mass is 16.6. The van der Waals surface area contributed by atoms with Gasteiger partial charge in [0.2, 0.25) is 5.82 Å². The van der Waals surface area contributed by atoms with Crippen LogP contribution in [0.15, 0.2) is 22.9 Å². The molecule has 0 atom stereocenters. The Morgan fingerprint density at radius 3 is 2.85 bits per heavy atom. The van der Waals surface area contributed by atoms with Crippen LogP contribution in [0.2, 0.25) is 0 Å². The number of nitrogens with one attached hydrogen (secondary N) is 1. The van der Waals surface area contributed by atoms with Crippen LogP contribution in [0.1, 0.15) is 21.9 Å². The summed E-state index contributed by atoms with van der Waals surface area (Å²) in [7, 11) is 0. The molecule has 20 heavy (non-hydrogen) atoms. The summed E-state index contributed by atoms with van der Waals surface area (Å²) in [6.45, 7) is 1.89. The molecule has 0 fully saturated rings. The fourth-order valence-electron chi connectivity index (χ4n) is 1.50. The lowest BCUT2D eigenvalue weighted by molar-refractivity contribution is -0.384. The van der Waals surface area contributed by atoms with Gasteiger partial charge in [-0.2, -0.15) is 0 Å². The predicted molar refractivity (Wildman–Crippen MR) is 67.7 cm³/mol. The maximum atomic E-state index is 11.8. The van der Waals surface area contributed by atoms with Crippen molar-refractivity contribution in [3.63, 3.8) is 0 Å². The lowest BCUT2D eigenvalue weighted by Gasteiger charge is -2.04. The first-order chi connectivity index (χ1) is 9.49. The Balaban J connectivity index is 2.08. The van der Waals surface area contributed by atoms with Gasteiger partial charge in [-0.3, -0.25) is 14.9 Å². The first kappa shape index (κ1) is 13.5. The second-order valence-corrected chi connectivity index (χ2v) is 3.90. The van der Waals surface area contributed by atoms with E-state index in [1.54, 1.807) is 6.92 Å². The highest BCUT2D eigenvalue weighted by molar-refractivity contribution is 5.92. The zero-order chi connectivity index (χ0) is 14.7. The number of nitro groups is 1. The van der Waals surface area contributed by atoms with Crippen molar-refractivity contribution in [2.45, 2.75) is 13.5 Å². The van der Waals surface area contributed by atoms with Gasteiger partial charge in [-0.15, -0.1) is 0 Å². The summed E-state index contributed by atoms with van der Waals surface area (Å²) < 4.78 is 4.99. The molecule has 2 aromatic rings. The van der Waals surface area contributed by atoms with Crippen LogP contribution >= 0.6 is 0 Å². The first-order valence-electron chi connectivity index (χ1n) is 5.57. The van der Waals surface area contributed by atoms with Crippen LogP contribution in [0, 0.1) is 17.0 Å². The van der Waals surface area contributed by atoms with E-state index < -0.39 is 10.8 Å². The maximum Gasteiger partial charge on any atom is 0.311 e. The van der Waals surface area contributed by atoms with E-state index in [4.69, 9.17) is 10.2 Å². The van der Waals surface area contributed by atoms with Gasteiger partial charge in [0.1, 0.15) is 17.1 Å². The Morgan fingerprint density at radius 2 is 2.30 bits per heavy atom. The fraction of sp³-hybridized carbons (Fsp3) is 0.182. The molecule has 0 bridgehead atoms. The van der Waals surface area contributed by atoms with E-state index in [1.165, 1.54) is 12.5 Å². The van der Waals surface area contributed by atoms with Crippen molar-refractivity contribution in [3.05, 3.63) is 45.8 Å². The molecule has 2 aromatic heterocycles. The summed E-state index contributed by atoms with van der Waals surface area (Å²) in [4.78, 5) is 29.4. The van der Waals surface area contributed by atoms with E-state index in [9.17, 15) is 14.9 Å². The molecule has 0 saturated heterocycles. The van der Waals surface area contributed by atoms with Crippen LogP contribution in [0.3, 0.4) is 0 Å². The number of carbonyl (C=O) groups is 1. The predicted octanol–water partition coefficient (Wildman–Crippen LogP) is 0.798. The molecular formula is C11H11N5O4. The molecular weight excluding hydrogens is 266 g/mol. The lowest BCUT2D eigenvalue weighted by Crippen LogP contribution is -2.24. The van der Waals surface area contributed by atoms with Crippen molar-refractivity contribution < 1.29 is 14.1 Å². The van der Waals surface area contributed by atoms with Crippen LogP contribution in [0.5, 0.6) is 0 Å². The molecule has 0 radical (unpaired) electrons. The van der Waals surface area contributed by atoms with Crippen LogP contribution in [0.25, 0.3) is 0 Å². The maximum absolute atomic E-state index is 11.8. The Labute approximate surface area is 113 Å². The number of hydrogen-bond donors (Lipinski definition) is 2. The van der Waals surface area contributed by atoms with Gasteiger partial charge in [0, 0.05) is 6.07 Å². The van der Waals surface area contributed by atoms with Gasteiger partial charge in [-0.05, 0) is 13.0 Å². The van der Waals surface area contributed by atoms with Gasteiger partial charge in [-0.25, -0.2) is 9.97 Å². The van der Waals surface area contributed by atoms with Crippen LogP contribution in [-0.2, 0) is 6.54 Å². The highest BCUT2D eigenvalue weighted by Gasteiger charge is 2.16. The topological polar surface area (TPSA) is 137 Å². The number of nitrogens with two attached hydrogens (primary N) is 1. The monoisotopic (exact) mass is 277 g/mol. The molecule has 2 rings (SSSR count). The van der Waals surface area contributed by atoms with Gasteiger partial charge in [0.15, 0.2) is 6.39 Å². The number of oxazole rings is 1. The summed E-state index contributed by atoms with van der Waals surface area (Å²) in [5, 5.41) is 13.2. The lowest BCUT2D eigenvalue weighted by atomic mass is 10.3. The number of rotatable bonds is 4. The van der Waals surface area contributed by atoms with Crippen LogP contribution in [-0.4, -0.2) is 20.8 Å². The Morgan fingerprint density at radius 1 is 1.55 bits per heavy atom. The number of hydrogen-bond acceptors (Lipinski definition) is 7. The van der Waals surface area contributed by atoms with E-state index in [2.05, 4.69) is 15.3 Å². The fourth-order valence-corrected chi connectivity index (χ4v) is 1.50. The van der Waals surface area contributed by atoms with Crippen molar-refractivity contribution in [1.82, 2.24) is 15.3 Å². The standard InChI is InChI=1S/C11H11N5O4/c1-6-8(14-5-20-6)4-13-11(17)7-2-3-9(16(18)19)10(12)15-7/h2-3,5H,4H2,1H3,(H2,12,15)(H,13,17). The third-order valence-electron chi connectivity index (χ3n) is 2.59. The average molecular weight is 277 g/mol. The molecule has 9 nitrogen and oxygen atoms in total. The summed E-state index contributed by atoms with van der Waals surface area (Å²) in [5.41, 5.74) is 5.66. The second-order valence-electron chi connectivity index (χ2n) is 3.90. The van der Waals surface area contributed by atoms with Gasteiger partial charge in [0.05, 0.1) is 11.5 Å². The largest absolute Gasteiger partial charge is 0.448 e. The molecule has 0 aliphatic rings. The van der Waals surface area contributed by atoms with Crippen molar-refractivity contribution in [2.75, 3.05) is 5.73 Å². The third-order valence-corrected chi connectivity index (χ3v) is 2.59. The Bertz CT molecular complexity index is 667. The summed E-state index contributed by atoms with van der Waals surface area (Å²) >= 11 is 0. The number of aryl methyl sites for hydroxylation is 1. The van der Waals surface area contributed by atoms with Gasteiger partial charge < -0.3 is 15.5 Å². The zero-order valence-electron chi connectivity index (χ0n) is 10.5. The first-order valence-corrected chi connectivity index (χ1v) is 5.57. The zero-order valence-corrected chi connectivity index (χ0v) is 10.5. The molecule has 2 heterocycles. The van der Waals surface area contributed by atoms with E-state index in [1.807, 2.05) is 0 Å². The number of pyridine rings is 1. The number of nitrogen functional groups attached to an aromatic ring is 1. The van der Waals surface area contributed by atoms with Gasteiger partial charge in [-0.1, -0.05) is 0 Å². The van der Waals surface area contributed by atoms with E-state index in [0.717, 1.165) is 6.07 Å². The quantitative estimate of drug-likeness (QED) is 0.622. The van der Waals surface area contributed by atoms with Crippen molar-refractivity contribution >= 4 is 17.4 Å². The normalized spacial score (nSPS) is 10.2. The van der Waals surface area contributed by atoms with E-state index >= 15 is 0 Å². The summed E-state index contributed by atoms with van der Waals surface area (Å²) in [5.74, 6) is -0.212. The van der Waals surface area contributed by atoms with Crippen molar-refractivity contribution in [3.8, 4) is 0 Å². The number of carbonyl (C=O) groups excluding carboxylic acids is 1. The van der Waals surface area contributed by atoms with Crippen molar-refractivity contribution in [2.24, 2.45) is 0 Å². The Kier molecular flexibility index (Phi) is 3.60. The second kappa shape index (κ2) is 5.34. The number of amides is 1. The number of anilines is 1. The third kappa shape index (κ3) is 2.71. The molecule has 3 N–H and O–H groups in total. The molecule has 0 aliphatic heterocycles. The number of aromatic nitrogens is 2. The molecule has 104 valence electrons. The number of nitrogens with zero attached hydrogens (tertiary/aromatic N) is 3. The molecule has 0 spiro atoms. The molecule has 9 heteroatoms. The van der Waals surface area contributed by atoms with Gasteiger partial charge in [0.25, 0.3) is 5.91 Å². The van der Waals surface area contributed by atoms with Crippen LogP contribution in [0.4, 0.5) is 11.5 Å². The van der Waals surface area contributed by atoms with E-state index in [0.29, 0.717) is 11.5 Å². The Hall–Kier alpha value is -2.97. The smallest absolute Gasteiger partial charge is 0.311 e. The minimum atomic E-state index is -0.664. The SMILES string of the molecule is Cc1ocnc1CNC(=O)c1ccc([N+](=O)[O-])c(N)n1. The summed E-state index contributed by atoms with van der Waals surface area (Å²) in [6, 6.07) is 2.37. The molecule has 0 aromatic carbocycles. The van der Waals surface area contributed by atoms with E-state index in [-0.39, 0.29) is 23.7 Å². The van der Waals surface area contributed by atoms with Gasteiger partial charge >= 0.3 is 5.69 Å². The minimum absolute atomic E-state index is 0.00533. The minimum Gasteiger partial charge on any atom is -0.448 e. The summed E-state index contributed by atoms with van der Waals surface area (Å²) in [6.07, 6.45) is 1.28. The average Bonchev–Trinajstić information content (AvgIpc) is 2.81. The van der Waals surface area contributed by atoms with Crippen molar-refractivity contribution in [1.29, 1.82) is 0 Å². The van der Waals surface area contributed by atoms with Crippen LogP contribution < -0.4 is 11.1 Å². The molecule has 0 aliphatic carbocycles. The molecule has 0 saturated carbocycles. The highest BCUT2D eigenvalue weighted by Crippen LogP contribution is 2.18. The molecule has 1 amide bonds.